The van der Waals surface area contributed by atoms with Gasteiger partial charge in [-0.2, -0.15) is 0 Å². The quantitative estimate of drug-likeness (QED) is 0.668. The molecule has 2 N–H and O–H groups in total. The molecule has 1 aromatic carbocycles. The Labute approximate surface area is 138 Å². The van der Waals surface area contributed by atoms with Gasteiger partial charge in [-0.05, 0) is 24.3 Å². The van der Waals surface area contributed by atoms with Crippen LogP contribution in [0, 0.1) is 0 Å². The van der Waals surface area contributed by atoms with E-state index in [1.807, 2.05) is 0 Å². The van der Waals surface area contributed by atoms with Crippen LogP contribution in [0.5, 0.6) is 0 Å². The van der Waals surface area contributed by atoms with Crippen molar-refractivity contribution in [3.05, 3.63) is 24.3 Å². The maximum atomic E-state index is 10.9. The topological polar surface area (TPSA) is 60.2 Å². The van der Waals surface area contributed by atoms with Crippen LogP contribution in [0.25, 0.3) is 0 Å². The van der Waals surface area contributed by atoms with Crippen molar-refractivity contribution in [3.63, 3.8) is 0 Å². The summed E-state index contributed by atoms with van der Waals surface area (Å²) in [7, 11) is -3.56. The predicted molar refractivity (Wildman–Crippen MR) is 64.6 cm³/mol. The molecule has 0 spiro atoms. The van der Waals surface area contributed by atoms with Crippen LogP contribution in [-0.2, 0) is 10.0 Å². The second-order valence-electron chi connectivity index (χ2n) is 3.18. The number of hydrogen-bond acceptors (Lipinski definition) is 3. The molecule has 3 nitrogen and oxygen atoms in total. The van der Waals surface area contributed by atoms with Gasteiger partial charge in [0.1, 0.15) is 0 Å². The van der Waals surface area contributed by atoms with Gasteiger partial charge in [-0.1, -0.05) is 13.8 Å². The first-order valence-corrected chi connectivity index (χ1v) is 6.62. The normalized spacial score (nSPS) is 11.2. The van der Waals surface area contributed by atoms with Crippen LogP contribution in [-0.4, -0.2) is 65.1 Å². The van der Waals surface area contributed by atoms with Crippen LogP contribution in [0.1, 0.15) is 13.8 Å². The third-order valence-electron chi connectivity index (χ3n) is 1.52. The largest absolute Gasteiger partial charge is 0.238 e. The van der Waals surface area contributed by atoms with Crippen LogP contribution >= 0.6 is 11.8 Å². The van der Waals surface area contributed by atoms with E-state index in [2.05, 4.69) is 13.8 Å². The van der Waals surface area contributed by atoms with Gasteiger partial charge < -0.3 is 0 Å². The predicted octanol–water partition coefficient (Wildman–Crippen LogP) is 1.45. The van der Waals surface area contributed by atoms with Gasteiger partial charge in [-0.3, -0.25) is 0 Å². The molecule has 0 saturated carbocycles. The van der Waals surface area contributed by atoms with E-state index in [1.54, 1.807) is 23.9 Å². The van der Waals surface area contributed by atoms with E-state index >= 15 is 0 Å². The van der Waals surface area contributed by atoms with Crippen molar-refractivity contribution >= 4 is 73.2 Å². The van der Waals surface area contributed by atoms with Gasteiger partial charge in [0.2, 0.25) is 10.0 Å². The first-order chi connectivity index (χ1) is 6.39. The van der Waals surface area contributed by atoms with Crippen molar-refractivity contribution < 1.29 is 8.42 Å². The van der Waals surface area contributed by atoms with Gasteiger partial charge in [0.15, 0.2) is 0 Å². The average molecular weight is 270 g/mol. The zero-order chi connectivity index (χ0) is 10.8. The molecule has 0 aliphatic rings. The smallest absolute Gasteiger partial charge is 0.225 e. The Morgan fingerprint density at radius 1 is 1.20 bits per heavy atom. The van der Waals surface area contributed by atoms with E-state index < -0.39 is 10.0 Å². The molecule has 15 heavy (non-hydrogen) atoms. The molecule has 0 amide bonds. The molecule has 0 bridgehead atoms. The molecule has 1 rings (SSSR count). The third-order valence-corrected chi connectivity index (χ3v) is 3.47. The molecular formula is C9H13KNO2S2. The van der Waals surface area contributed by atoms with Gasteiger partial charge in [0, 0.05) is 61.5 Å². The molecule has 0 fully saturated rings. The molecule has 0 saturated heterocycles. The fraction of sp³-hybridized carbons (Fsp3) is 0.333. The summed E-state index contributed by atoms with van der Waals surface area (Å²) >= 11 is 1.68. The number of sulfonamides is 1. The van der Waals surface area contributed by atoms with Crippen LogP contribution in [0.15, 0.2) is 34.1 Å². The Hall–Kier alpha value is 1.12. The molecule has 0 heterocycles. The summed E-state index contributed by atoms with van der Waals surface area (Å²) in [6.45, 7) is 4.16. The van der Waals surface area contributed by atoms with Crippen molar-refractivity contribution in [2.45, 2.75) is 28.9 Å². The zero-order valence-corrected chi connectivity index (χ0v) is 13.9. The van der Waals surface area contributed by atoms with Gasteiger partial charge in [-0.15, -0.1) is 11.8 Å². The van der Waals surface area contributed by atoms with Gasteiger partial charge in [0.25, 0.3) is 0 Å². The number of rotatable bonds is 3. The molecule has 1 aromatic rings. The second kappa shape index (κ2) is 6.76. The molecule has 1 radical (unpaired) electrons. The Kier molecular flexibility index (Phi) is 7.26. The molecule has 0 atom stereocenters. The standard InChI is InChI=1S/C9H13NO2S2.K/c1-7(2)13-8-3-5-9(6-4-8)14(10,11)12;/h3-7H,1-2H3,(H2,10,11,12);. The molecule has 6 heteroatoms. The number of hydrogen-bond donors (Lipinski definition) is 1. The van der Waals surface area contributed by atoms with Crippen LogP contribution in [0.4, 0.5) is 0 Å². The Morgan fingerprint density at radius 3 is 2.00 bits per heavy atom. The summed E-state index contributed by atoms with van der Waals surface area (Å²) in [6.07, 6.45) is 0. The van der Waals surface area contributed by atoms with Crippen molar-refractivity contribution in [1.82, 2.24) is 0 Å². The summed E-state index contributed by atoms with van der Waals surface area (Å²) in [6, 6.07) is 6.59. The van der Waals surface area contributed by atoms with Gasteiger partial charge in [0.05, 0.1) is 4.90 Å². The Balaban J connectivity index is 0.00000196. The molecule has 0 aromatic heterocycles. The molecule has 0 unspecified atom stereocenters. The summed E-state index contributed by atoms with van der Waals surface area (Å²) in [5.41, 5.74) is 0. The molecule has 0 aliphatic carbocycles. The minimum atomic E-state index is -3.56. The van der Waals surface area contributed by atoms with E-state index in [0.29, 0.717) is 5.25 Å². The number of benzene rings is 1. The fourth-order valence-corrected chi connectivity index (χ4v) is 2.33. The van der Waals surface area contributed by atoms with E-state index in [9.17, 15) is 8.42 Å². The summed E-state index contributed by atoms with van der Waals surface area (Å²) in [5.74, 6) is 0. The van der Waals surface area contributed by atoms with Crippen molar-refractivity contribution in [2.24, 2.45) is 5.14 Å². The number of thioether (sulfide) groups is 1. The summed E-state index contributed by atoms with van der Waals surface area (Å²) in [5, 5.41) is 5.46. The fourth-order valence-electron chi connectivity index (χ4n) is 0.980. The van der Waals surface area contributed by atoms with Crippen molar-refractivity contribution in [3.8, 4) is 0 Å². The summed E-state index contributed by atoms with van der Waals surface area (Å²) in [4.78, 5) is 1.21. The maximum Gasteiger partial charge on any atom is 0.238 e. The van der Waals surface area contributed by atoms with Crippen LogP contribution in [0.3, 0.4) is 0 Å². The van der Waals surface area contributed by atoms with E-state index in [4.69, 9.17) is 5.14 Å². The monoisotopic (exact) mass is 270 g/mol. The average Bonchev–Trinajstić information content (AvgIpc) is 2.02. The van der Waals surface area contributed by atoms with Crippen molar-refractivity contribution in [1.29, 1.82) is 0 Å². The Bertz CT molecular complexity index is 401. The molecular weight excluding hydrogens is 257 g/mol. The number of primary sulfonamides is 1. The maximum absolute atomic E-state index is 10.9. The van der Waals surface area contributed by atoms with Crippen LogP contribution in [0.2, 0.25) is 0 Å². The third kappa shape index (κ3) is 5.83. The first-order valence-electron chi connectivity index (χ1n) is 4.19. The minimum Gasteiger partial charge on any atom is -0.225 e. The minimum absolute atomic E-state index is 0. The van der Waals surface area contributed by atoms with E-state index in [0.717, 1.165) is 4.90 Å². The first kappa shape index (κ1) is 16.1. The molecule has 79 valence electrons. The van der Waals surface area contributed by atoms with Crippen molar-refractivity contribution in [2.75, 3.05) is 0 Å². The van der Waals surface area contributed by atoms with Gasteiger partial charge >= 0.3 is 0 Å². The molecule has 0 aliphatic heterocycles. The SMILES string of the molecule is CC(C)Sc1ccc(S(N)(=O)=O)cc1.[K]. The second-order valence-corrected chi connectivity index (χ2v) is 6.39. The zero-order valence-electron chi connectivity index (χ0n) is 9.10. The number of nitrogens with two attached hydrogens (primary N) is 1. The van der Waals surface area contributed by atoms with E-state index in [-0.39, 0.29) is 56.3 Å². The van der Waals surface area contributed by atoms with Gasteiger partial charge in [-0.25, -0.2) is 13.6 Å². The Morgan fingerprint density at radius 2 is 1.67 bits per heavy atom. The van der Waals surface area contributed by atoms with Crippen LogP contribution < -0.4 is 5.14 Å². The summed E-state index contributed by atoms with van der Waals surface area (Å²) < 4.78 is 21.9. The van der Waals surface area contributed by atoms with E-state index in [1.165, 1.54) is 12.1 Å².